The summed E-state index contributed by atoms with van der Waals surface area (Å²) in [7, 11) is 0. The normalized spacial score (nSPS) is 33.4. The molecule has 2 unspecified atom stereocenters. The van der Waals surface area contributed by atoms with E-state index in [1.165, 1.54) is 83.8 Å². The summed E-state index contributed by atoms with van der Waals surface area (Å²) in [5.74, 6) is 0. The van der Waals surface area contributed by atoms with E-state index in [0.29, 0.717) is 0 Å². The molecule has 0 radical (unpaired) electrons. The summed E-state index contributed by atoms with van der Waals surface area (Å²) < 4.78 is 6.28. The molecule has 1 spiro atoms. The molecule has 2 atom stereocenters. The van der Waals surface area contributed by atoms with Crippen LogP contribution in [0.5, 0.6) is 0 Å². The minimum absolute atomic E-state index is 0.245. The fourth-order valence-corrected chi connectivity index (χ4v) is 4.76. The Kier molecular flexibility index (Phi) is 5.58. The van der Waals surface area contributed by atoms with Crippen molar-refractivity contribution in [2.45, 2.75) is 88.8 Å². The number of hydrogen-bond donors (Lipinski definition) is 1. The molecule has 3 aliphatic rings. The molecule has 1 aliphatic carbocycles. The van der Waals surface area contributed by atoms with Crippen LogP contribution in [0.25, 0.3) is 0 Å². The first-order chi connectivity index (χ1) is 10.3. The summed E-state index contributed by atoms with van der Waals surface area (Å²) in [5.41, 5.74) is 0.245. The van der Waals surface area contributed by atoms with Crippen LogP contribution in [0.4, 0.5) is 0 Å². The summed E-state index contributed by atoms with van der Waals surface area (Å²) in [5, 5.41) is 3.72. The van der Waals surface area contributed by atoms with Gasteiger partial charge in [0.15, 0.2) is 0 Å². The monoisotopic (exact) mass is 294 g/mol. The van der Waals surface area contributed by atoms with E-state index in [9.17, 15) is 0 Å². The lowest BCUT2D eigenvalue weighted by molar-refractivity contribution is -0.124. The first kappa shape index (κ1) is 15.8. The maximum atomic E-state index is 6.28. The highest BCUT2D eigenvalue weighted by molar-refractivity contribution is 4.93. The van der Waals surface area contributed by atoms with Crippen LogP contribution in [0, 0.1) is 0 Å². The Morgan fingerprint density at radius 1 is 1.10 bits per heavy atom. The largest absolute Gasteiger partial charge is 0.375 e. The van der Waals surface area contributed by atoms with Gasteiger partial charge in [0.25, 0.3) is 0 Å². The van der Waals surface area contributed by atoms with Gasteiger partial charge in [-0.1, -0.05) is 32.6 Å². The van der Waals surface area contributed by atoms with E-state index in [4.69, 9.17) is 4.74 Å². The fraction of sp³-hybridized carbons (Fsp3) is 1.00. The lowest BCUT2D eigenvalue weighted by atomic mass is 9.78. The van der Waals surface area contributed by atoms with Crippen LogP contribution in [0.3, 0.4) is 0 Å². The molecule has 3 rings (SSSR count). The molecule has 0 aromatic heterocycles. The van der Waals surface area contributed by atoms with Crippen LogP contribution in [0.15, 0.2) is 0 Å². The third-order valence-corrected chi connectivity index (χ3v) is 6.02. The third-order valence-electron chi connectivity index (χ3n) is 6.02. The lowest BCUT2D eigenvalue weighted by Gasteiger charge is -2.47. The highest BCUT2D eigenvalue weighted by Gasteiger charge is 2.40. The van der Waals surface area contributed by atoms with Crippen molar-refractivity contribution >= 4 is 0 Å². The predicted octanol–water partition coefficient (Wildman–Crippen LogP) is 3.33. The second-order valence-electron chi connectivity index (χ2n) is 7.47. The molecular formula is C18H34N2O. The molecule has 2 heterocycles. The zero-order chi connectivity index (χ0) is 14.5. The average Bonchev–Trinajstić information content (AvgIpc) is 2.54. The Morgan fingerprint density at radius 2 is 1.95 bits per heavy atom. The van der Waals surface area contributed by atoms with Crippen molar-refractivity contribution in [3.63, 3.8) is 0 Å². The molecular weight excluding hydrogens is 260 g/mol. The van der Waals surface area contributed by atoms with Crippen molar-refractivity contribution < 1.29 is 4.74 Å². The van der Waals surface area contributed by atoms with E-state index in [1.54, 1.807) is 0 Å². The Bertz CT molecular complexity index is 303. The van der Waals surface area contributed by atoms with Gasteiger partial charge >= 0.3 is 0 Å². The van der Waals surface area contributed by atoms with Crippen LogP contribution in [-0.4, -0.2) is 48.8 Å². The highest BCUT2D eigenvalue weighted by atomic mass is 16.5. The van der Waals surface area contributed by atoms with Crippen molar-refractivity contribution in [2.24, 2.45) is 0 Å². The van der Waals surface area contributed by atoms with Crippen LogP contribution in [0.2, 0.25) is 0 Å². The quantitative estimate of drug-likeness (QED) is 0.861. The standard InChI is InChI=1S/C18H34N2O/c1-2-20(15-16-8-4-7-12-19-16)17-9-13-21-18(14-17)10-5-3-6-11-18/h16-17,19H,2-15H2,1H3. The number of piperidine rings is 1. The van der Waals surface area contributed by atoms with Gasteiger partial charge in [-0.2, -0.15) is 0 Å². The molecule has 21 heavy (non-hydrogen) atoms. The molecule has 2 aliphatic heterocycles. The van der Waals surface area contributed by atoms with Gasteiger partial charge in [0.2, 0.25) is 0 Å². The second kappa shape index (κ2) is 7.43. The number of likely N-dealkylation sites (N-methyl/N-ethyl adjacent to an activating group) is 1. The lowest BCUT2D eigenvalue weighted by Crippen LogP contribution is -2.53. The van der Waals surface area contributed by atoms with E-state index in [-0.39, 0.29) is 5.60 Å². The maximum Gasteiger partial charge on any atom is 0.0697 e. The van der Waals surface area contributed by atoms with Gasteiger partial charge in [0.1, 0.15) is 0 Å². The Labute approximate surface area is 130 Å². The van der Waals surface area contributed by atoms with E-state index >= 15 is 0 Å². The van der Waals surface area contributed by atoms with Gasteiger partial charge in [-0.3, -0.25) is 4.90 Å². The van der Waals surface area contributed by atoms with Gasteiger partial charge in [-0.05, 0) is 51.6 Å². The van der Waals surface area contributed by atoms with Crippen molar-refractivity contribution in [2.75, 3.05) is 26.2 Å². The molecule has 3 nitrogen and oxygen atoms in total. The molecule has 0 aromatic rings. The average molecular weight is 294 g/mol. The fourth-order valence-electron chi connectivity index (χ4n) is 4.76. The third kappa shape index (κ3) is 4.00. The zero-order valence-electron chi connectivity index (χ0n) is 13.9. The van der Waals surface area contributed by atoms with Crippen molar-refractivity contribution in [3.8, 4) is 0 Å². The summed E-state index contributed by atoms with van der Waals surface area (Å²) in [6, 6.07) is 1.48. The second-order valence-corrected chi connectivity index (χ2v) is 7.47. The smallest absolute Gasteiger partial charge is 0.0697 e. The Hall–Kier alpha value is -0.120. The summed E-state index contributed by atoms with van der Waals surface area (Å²) >= 11 is 0. The first-order valence-electron chi connectivity index (χ1n) is 9.43. The topological polar surface area (TPSA) is 24.5 Å². The van der Waals surface area contributed by atoms with Gasteiger partial charge in [-0.15, -0.1) is 0 Å². The minimum atomic E-state index is 0.245. The maximum absolute atomic E-state index is 6.28. The molecule has 2 saturated heterocycles. The van der Waals surface area contributed by atoms with Gasteiger partial charge in [0.05, 0.1) is 5.60 Å². The number of nitrogens with zero attached hydrogens (tertiary/aromatic N) is 1. The highest BCUT2D eigenvalue weighted by Crippen LogP contribution is 2.39. The summed E-state index contributed by atoms with van der Waals surface area (Å²) in [6.45, 7) is 6.99. The molecule has 3 fully saturated rings. The van der Waals surface area contributed by atoms with E-state index < -0.39 is 0 Å². The number of rotatable bonds is 4. The van der Waals surface area contributed by atoms with E-state index in [2.05, 4.69) is 17.1 Å². The van der Waals surface area contributed by atoms with Crippen molar-refractivity contribution in [1.82, 2.24) is 10.2 Å². The Morgan fingerprint density at radius 3 is 2.67 bits per heavy atom. The SMILES string of the molecule is CCN(CC1CCCCN1)C1CCOC2(CCCCC2)C1. The minimum Gasteiger partial charge on any atom is -0.375 e. The first-order valence-corrected chi connectivity index (χ1v) is 9.43. The van der Waals surface area contributed by atoms with E-state index in [0.717, 1.165) is 18.7 Å². The van der Waals surface area contributed by atoms with Gasteiger partial charge in [0, 0.05) is 25.2 Å². The number of hydrogen-bond acceptors (Lipinski definition) is 3. The van der Waals surface area contributed by atoms with Gasteiger partial charge in [-0.25, -0.2) is 0 Å². The predicted molar refractivity (Wildman–Crippen MR) is 87.7 cm³/mol. The molecule has 122 valence electrons. The van der Waals surface area contributed by atoms with Crippen molar-refractivity contribution in [1.29, 1.82) is 0 Å². The number of ether oxygens (including phenoxy) is 1. The summed E-state index contributed by atoms with van der Waals surface area (Å²) in [4.78, 5) is 2.75. The Balaban J connectivity index is 1.57. The van der Waals surface area contributed by atoms with Crippen LogP contribution >= 0.6 is 0 Å². The van der Waals surface area contributed by atoms with Gasteiger partial charge < -0.3 is 10.1 Å². The molecule has 0 amide bonds. The van der Waals surface area contributed by atoms with Crippen LogP contribution in [0.1, 0.15) is 71.1 Å². The van der Waals surface area contributed by atoms with Crippen LogP contribution < -0.4 is 5.32 Å². The van der Waals surface area contributed by atoms with Crippen molar-refractivity contribution in [3.05, 3.63) is 0 Å². The summed E-state index contributed by atoms with van der Waals surface area (Å²) in [6.07, 6.45) is 13.5. The molecule has 0 aromatic carbocycles. The van der Waals surface area contributed by atoms with E-state index in [1.807, 2.05) is 0 Å². The zero-order valence-corrected chi connectivity index (χ0v) is 13.9. The van der Waals surface area contributed by atoms with Crippen LogP contribution in [-0.2, 0) is 4.74 Å². The number of nitrogens with one attached hydrogen (secondary N) is 1. The molecule has 0 bridgehead atoms. The molecule has 3 heteroatoms. The molecule has 1 saturated carbocycles. The molecule has 1 N–H and O–H groups in total.